The van der Waals surface area contributed by atoms with E-state index in [1.54, 1.807) is 0 Å². The number of rotatable bonds is 4. The molecule has 10 heteroatoms. The average Bonchev–Trinajstić information content (AvgIpc) is 2.70. The molecule has 0 atom stereocenters. The van der Waals surface area contributed by atoms with E-state index in [0.29, 0.717) is 6.08 Å². The van der Waals surface area contributed by atoms with Gasteiger partial charge < -0.3 is 29.9 Å². The minimum atomic E-state index is -0.992. The average molecular weight is 464 g/mol. The number of fused-ring (bicyclic) bond motifs is 1. The molecule has 0 saturated heterocycles. The number of allylic oxidation sites excluding steroid dienone is 1. The van der Waals surface area contributed by atoms with Gasteiger partial charge in [0.25, 0.3) is 0 Å². The number of Topliss-reactive ketones (excluding diaryl/α,β-unsaturated/α-hetero) is 1. The van der Waals surface area contributed by atoms with Gasteiger partial charge in [0.15, 0.2) is 0 Å². The highest BCUT2D eigenvalue weighted by molar-refractivity contribution is 6.50. The van der Waals surface area contributed by atoms with Crippen LogP contribution in [0.1, 0.15) is 48.7 Å². The summed E-state index contributed by atoms with van der Waals surface area (Å²) in [6, 6.07) is 4.84. The number of aliphatic hydroxyl groups excluding tert-OH is 1. The first kappa shape index (κ1) is 22.3. The van der Waals surface area contributed by atoms with E-state index in [9.17, 15) is 44.7 Å². The maximum Gasteiger partial charge on any atom is 0.339 e. The van der Waals surface area contributed by atoms with Gasteiger partial charge in [-0.1, -0.05) is 0 Å². The lowest BCUT2D eigenvalue weighted by Crippen LogP contribution is -2.21. The highest BCUT2D eigenvalue weighted by Gasteiger charge is 2.33. The van der Waals surface area contributed by atoms with Crippen molar-refractivity contribution in [1.82, 2.24) is 0 Å². The van der Waals surface area contributed by atoms with Crippen molar-refractivity contribution in [2.24, 2.45) is 0 Å². The smallest absolute Gasteiger partial charge is 0.339 e. The van der Waals surface area contributed by atoms with Crippen LogP contribution in [-0.4, -0.2) is 42.9 Å². The summed E-state index contributed by atoms with van der Waals surface area (Å²) in [7, 11) is 0. The van der Waals surface area contributed by atoms with Crippen molar-refractivity contribution >= 4 is 23.1 Å². The maximum atomic E-state index is 13.5. The van der Waals surface area contributed by atoms with Gasteiger partial charge in [-0.3, -0.25) is 14.4 Å². The fourth-order valence-corrected chi connectivity index (χ4v) is 3.98. The van der Waals surface area contributed by atoms with Crippen molar-refractivity contribution in [2.75, 3.05) is 0 Å². The SMILES string of the molecule is Cc1c(C(=O)c2c(O)cc(O)cc2Cc2cc(O)cc(=O)o2)c(O)cc2c1C(O)=CC(=O)C2=O. The minimum Gasteiger partial charge on any atom is -0.508 e. The number of phenols is 3. The van der Waals surface area contributed by atoms with Gasteiger partial charge in [-0.05, 0) is 30.2 Å². The Kier molecular flexibility index (Phi) is 5.21. The Morgan fingerprint density at radius 2 is 1.50 bits per heavy atom. The molecule has 1 aliphatic rings. The van der Waals surface area contributed by atoms with E-state index < -0.39 is 51.7 Å². The van der Waals surface area contributed by atoms with Gasteiger partial charge in [-0.25, -0.2) is 4.79 Å². The van der Waals surface area contributed by atoms with E-state index in [1.165, 1.54) is 6.92 Å². The Hall–Kier alpha value is -4.86. The summed E-state index contributed by atoms with van der Waals surface area (Å²) in [5.41, 5.74) is -2.06. The lowest BCUT2D eigenvalue weighted by molar-refractivity contribution is -0.111. The fraction of sp³-hybridized carbons (Fsp3) is 0.0833. The number of aromatic hydroxyl groups is 4. The van der Waals surface area contributed by atoms with Crippen molar-refractivity contribution in [3.05, 3.63) is 86.0 Å². The number of carbonyl (C=O) groups excluding carboxylic acids is 3. The standard InChI is InChI=1S/C24H16O10/c1-9-20-14(23(32)18(30)8-17(20)29)7-16(28)21(9)24(33)22-10(2-11(25)5-15(22)27)3-13-4-12(26)6-19(31)34-13/h2,4-8,25-29H,3H2,1H3. The minimum absolute atomic E-state index is 0.0150. The number of phenolic OH excluding ortho intramolecular Hbond substituents is 3. The third-order valence-corrected chi connectivity index (χ3v) is 5.36. The lowest BCUT2D eigenvalue weighted by atomic mass is 9.84. The second-order valence-electron chi connectivity index (χ2n) is 7.65. The van der Waals surface area contributed by atoms with Gasteiger partial charge in [0.05, 0.1) is 17.2 Å². The summed E-state index contributed by atoms with van der Waals surface area (Å²) in [5.74, 6) is -5.71. The lowest BCUT2D eigenvalue weighted by Gasteiger charge is -2.19. The Balaban J connectivity index is 1.91. The van der Waals surface area contributed by atoms with E-state index in [1.807, 2.05) is 0 Å². The molecule has 172 valence electrons. The first-order valence-electron chi connectivity index (χ1n) is 9.76. The highest BCUT2D eigenvalue weighted by atomic mass is 16.4. The molecule has 3 aromatic rings. The topological polar surface area (TPSA) is 183 Å². The van der Waals surface area contributed by atoms with Crippen LogP contribution in [0.4, 0.5) is 0 Å². The number of hydrogen-bond acceptors (Lipinski definition) is 10. The first-order valence-corrected chi connectivity index (χ1v) is 9.76. The quantitative estimate of drug-likeness (QED) is 0.283. The molecule has 0 fully saturated rings. The van der Waals surface area contributed by atoms with Crippen LogP contribution in [-0.2, 0) is 11.2 Å². The van der Waals surface area contributed by atoms with Gasteiger partial charge in [-0.15, -0.1) is 0 Å². The molecule has 0 radical (unpaired) electrons. The zero-order chi connectivity index (χ0) is 24.9. The van der Waals surface area contributed by atoms with Gasteiger partial charge in [0, 0.05) is 35.8 Å². The monoisotopic (exact) mass is 464 g/mol. The van der Waals surface area contributed by atoms with Crippen LogP contribution in [0.2, 0.25) is 0 Å². The largest absolute Gasteiger partial charge is 0.508 e. The molecule has 0 spiro atoms. The highest BCUT2D eigenvalue weighted by Crippen LogP contribution is 2.38. The van der Waals surface area contributed by atoms with Crippen LogP contribution in [0.5, 0.6) is 23.0 Å². The predicted octanol–water partition coefficient (Wildman–Crippen LogP) is 2.26. The van der Waals surface area contributed by atoms with Crippen LogP contribution in [0.3, 0.4) is 0 Å². The van der Waals surface area contributed by atoms with E-state index in [4.69, 9.17) is 4.42 Å². The summed E-state index contributed by atoms with van der Waals surface area (Å²) in [5, 5.41) is 50.9. The van der Waals surface area contributed by atoms with Crippen molar-refractivity contribution in [2.45, 2.75) is 13.3 Å². The number of hydrogen-bond donors (Lipinski definition) is 5. The van der Waals surface area contributed by atoms with Crippen LogP contribution in [0.25, 0.3) is 5.76 Å². The molecule has 1 aromatic heterocycles. The number of ketones is 3. The second kappa shape index (κ2) is 7.93. The zero-order valence-electron chi connectivity index (χ0n) is 17.4. The molecule has 10 nitrogen and oxygen atoms in total. The van der Waals surface area contributed by atoms with Crippen LogP contribution in [0.15, 0.2) is 45.6 Å². The van der Waals surface area contributed by atoms with Crippen LogP contribution >= 0.6 is 0 Å². The molecule has 4 rings (SSSR count). The molecule has 0 aliphatic heterocycles. The summed E-state index contributed by atoms with van der Waals surface area (Å²) >= 11 is 0. The molecule has 1 aliphatic carbocycles. The van der Waals surface area contributed by atoms with Crippen molar-refractivity contribution in [3.63, 3.8) is 0 Å². The molecule has 0 amide bonds. The maximum absolute atomic E-state index is 13.5. The van der Waals surface area contributed by atoms with Crippen LogP contribution < -0.4 is 5.63 Å². The molecular formula is C24H16O10. The summed E-state index contributed by atoms with van der Waals surface area (Å²) in [4.78, 5) is 49.0. The van der Waals surface area contributed by atoms with Gasteiger partial charge in [-0.2, -0.15) is 0 Å². The summed E-state index contributed by atoms with van der Waals surface area (Å²) < 4.78 is 4.99. The third-order valence-electron chi connectivity index (χ3n) is 5.36. The number of aliphatic hydroxyl groups is 1. The molecule has 34 heavy (non-hydrogen) atoms. The Morgan fingerprint density at radius 3 is 2.18 bits per heavy atom. The second-order valence-corrected chi connectivity index (χ2v) is 7.65. The van der Waals surface area contributed by atoms with E-state index >= 15 is 0 Å². The number of benzene rings is 2. The fourth-order valence-electron chi connectivity index (χ4n) is 3.98. The first-order chi connectivity index (χ1) is 16.0. The van der Waals surface area contributed by atoms with Gasteiger partial charge >= 0.3 is 5.63 Å². The zero-order valence-corrected chi connectivity index (χ0v) is 17.4. The molecule has 0 bridgehead atoms. The molecular weight excluding hydrogens is 448 g/mol. The van der Waals surface area contributed by atoms with Crippen LogP contribution in [0, 0.1) is 6.92 Å². The van der Waals surface area contributed by atoms with Crippen molar-refractivity contribution < 1.29 is 44.3 Å². The predicted molar refractivity (Wildman–Crippen MR) is 115 cm³/mol. The molecule has 5 N–H and O–H groups in total. The normalized spacial score (nSPS) is 12.9. The van der Waals surface area contributed by atoms with Crippen molar-refractivity contribution in [1.29, 1.82) is 0 Å². The van der Waals surface area contributed by atoms with Gasteiger partial charge in [0.2, 0.25) is 17.3 Å². The molecule has 0 saturated carbocycles. The van der Waals surface area contributed by atoms with E-state index in [0.717, 1.165) is 30.3 Å². The Labute approximate surface area is 190 Å². The van der Waals surface area contributed by atoms with E-state index in [-0.39, 0.29) is 45.6 Å². The van der Waals surface area contributed by atoms with Gasteiger partial charge in [0.1, 0.15) is 34.5 Å². The Bertz CT molecular complexity index is 1510. The summed E-state index contributed by atoms with van der Waals surface area (Å²) in [6.07, 6.45) is 0.395. The molecule has 2 aromatic carbocycles. The number of carbonyl (C=O) groups is 3. The molecule has 0 unspecified atom stereocenters. The molecule has 1 heterocycles. The Morgan fingerprint density at radius 1 is 0.853 bits per heavy atom. The van der Waals surface area contributed by atoms with E-state index in [2.05, 4.69) is 0 Å². The third kappa shape index (κ3) is 3.66. The summed E-state index contributed by atoms with van der Waals surface area (Å²) in [6.45, 7) is 1.34. The van der Waals surface area contributed by atoms with Crippen molar-refractivity contribution in [3.8, 4) is 23.0 Å².